The molecule has 0 amide bonds. The van der Waals surface area contributed by atoms with Crippen molar-refractivity contribution < 1.29 is 18.7 Å². The molecule has 0 bridgehead atoms. The van der Waals surface area contributed by atoms with Crippen LogP contribution in [0.5, 0.6) is 0 Å². The summed E-state index contributed by atoms with van der Waals surface area (Å²) in [5, 5.41) is 0. The third kappa shape index (κ3) is 9.98. The Kier molecular flexibility index (Phi) is 14.2. The zero-order valence-corrected chi connectivity index (χ0v) is 20.8. The molecule has 1 aliphatic heterocycles. The summed E-state index contributed by atoms with van der Waals surface area (Å²) in [4.78, 5) is 16.3. The highest BCUT2D eigenvalue weighted by atomic mass is 35.5. The van der Waals surface area contributed by atoms with E-state index in [0.717, 1.165) is 56.8 Å². The average molecular weight is 501 g/mol. The van der Waals surface area contributed by atoms with Gasteiger partial charge in [-0.15, -0.1) is 24.8 Å². The van der Waals surface area contributed by atoms with Crippen LogP contribution in [0.1, 0.15) is 37.0 Å². The molecule has 1 atom stereocenters. The Labute approximate surface area is 209 Å². The third-order valence-electron chi connectivity index (χ3n) is 5.58. The number of hydrogen-bond donors (Lipinski definition) is 0. The molecule has 184 valence electrons. The Morgan fingerprint density at radius 3 is 2.09 bits per heavy atom. The first kappa shape index (κ1) is 29.3. The van der Waals surface area contributed by atoms with Crippen molar-refractivity contribution in [2.45, 2.75) is 25.9 Å². The van der Waals surface area contributed by atoms with Crippen molar-refractivity contribution in [3.63, 3.8) is 0 Å². The van der Waals surface area contributed by atoms with Crippen molar-refractivity contribution in [1.29, 1.82) is 0 Å². The minimum Gasteiger partial charge on any atom is -0.466 e. The third-order valence-corrected chi connectivity index (χ3v) is 5.58. The minimum absolute atomic E-state index is 0. The van der Waals surface area contributed by atoms with Crippen LogP contribution in [0.4, 0.5) is 4.39 Å². The second-order valence-corrected chi connectivity index (χ2v) is 7.80. The maximum absolute atomic E-state index is 13.3. The second-order valence-electron chi connectivity index (χ2n) is 7.80. The zero-order valence-electron chi connectivity index (χ0n) is 19.2. The van der Waals surface area contributed by atoms with Crippen LogP contribution in [0.25, 0.3) is 0 Å². The van der Waals surface area contributed by atoms with Gasteiger partial charge in [-0.1, -0.05) is 42.5 Å². The molecule has 2 aromatic rings. The molecular formula is C25H35Cl2FN2O3. The van der Waals surface area contributed by atoms with Gasteiger partial charge in [-0.2, -0.15) is 0 Å². The molecule has 1 unspecified atom stereocenters. The van der Waals surface area contributed by atoms with Gasteiger partial charge < -0.3 is 19.3 Å². The number of piperazine rings is 1. The van der Waals surface area contributed by atoms with Gasteiger partial charge in [0.05, 0.1) is 13.0 Å². The van der Waals surface area contributed by atoms with Crippen LogP contribution >= 0.6 is 24.8 Å². The standard InChI is InChI=1S/C25H33FN2O3.2ClH/c1-2-30-24(29)13-15-28-18-16-27(17-19-28)14-6-20-31-25(21-7-4-3-5-8-21)22-9-11-23(26)12-10-22;;/h3-5,7-12,25H,2,6,13-20H2,1H3;2*1H. The molecule has 1 saturated heterocycles. The molecule has 2 aromatic carbocycles. The van der Waals surface area contributed by atoms with Gasteiger partial charge in [0.2, 0.25) is 0 Å². The van der Waals surface area contributed by atoms with Crippen LogP contribution in [0.15, 0.2) is 54.6 Å². The number of carbonyl (C=O) groups excluding carboxylic acids is 1. The maximum atomic E-state index is 13.3. The second kappa shape index (κ2) is 16.0. The number of hydrogen-bond acceptors (Lipinski definition) is 5. The van der Waals surface area contributed by atoms with Crippen molar-refractivity contribution in [3.05, 3.63) is 71.5 Å². The number of carbonyl (C=O) groups is 1. The number of rotatable bonds is 11. The summed E-state index contributed by atoms with van der Waals surface area (Å²) in [5.74, 6) is -0.354. The molecule has 5 nitrogen and oxygen atoms in total. The van der Waals surface area contributed by atoms with Gasteiger partial charge in [-0.25, -0.2) is 4.39 Å². The molecule has 0 radical (unpaired) electrons. The molecule has 0 aliphatic carbocycles. The lowest BCUT2D eigenvalue weighted by Crippen LogP contribution is -2.47. The first-order valence-corrected chi connectivity index (χ1v) is 11.2. The van der Waals surface area contributed by atoms with Gasteiger partial charge in [0.15, 0.2) is 0 Å². The number of halogens is 3. The van der Waals surface area contributed by atoms with E-state index in [1.807, 2.05) is 37.3 Å². The van der Waals surface area contributed by atoms with Gasteiger partial charge in [-0.05, 0) is 36.6 Å². The molecule has 1 aliphatic rings. The predicted octanol–water partition coefficient (Wildman–Crippen LogP) is 4.74. The van der Waals surface area contributed by atoms with E-state index >= 15 is 0 Å². The Morgan fingerprint density at radius 1 is 0.909 bits per heavy atom. The van der Waals surface area contributed by atoms with E-state index in [0.29, 0.717) is 19.6 Å². The molecule has 1 fully saturated rings. The summed E-state index contributed by atoms with van der Waals surface area (Å²) in [6.45, 7) is 8.63. The summed E-state index contributed by atoms with van der Waals surface area (Å²) in [6, 6.07) is 16.6. The fourth-order valence-corrected chi connectivity index (χ4v) is 3.86. The number of ether oxygens (including phenoxy) is 2. The summed E-state index contributed by atoms with van der Waals surface area (Å²) in [7, 11) is 0. The number of nitrogens with zero attached hydrogens (tertiary/aromatic N) is 2. The molecule has 33 heavy (non-hydrogen) atoms. The van der Waals surface area contributed by atoms with E-state index in [9.17, 15) is 9.18 Å². The van der Waals surface area contributed by atoms with E-state index in [4.69, 9.17) is 9.47 Å². The molecule has 1 heterocycles. The highest BCUT2D eigenvalue weighted by Gasteiger charge is 2.18. The monoisotopic (exact) mass is 500 g/mol. The lowest BCUT2D eigenvalue weighted by molar-refractivity contribution is -0.143. The molecule has 0 saturated carbocycles. The van der Waals surface area contributed by atoms with Crippen LogP contribution in [0.2, 0.25) is 0 Å². The molecule has 8 heteroatoms. The first-order valence-electron chi connectivity index (χ1n) is 11.2. The quantitative estimate of drug-likeness (QED) is 0.329. The largest absolute Gasteiger partial charge is 0.466 e. The highest BCUT2D eigenvalue weighted by Crippen LogP contribution is 2.26. The normalized spacial score (nSPS) is 15.2. The topological polar surface area (TPSA) is 42.0 Å². The van der Waals surface area contributed by atoms with Crippen molar-refractivity contribution in [1.82, 2.24) is 9.80 Å². The van der Waals surface area contributed by atoms with Gasteiger partial charge in [0, 0.05) is 45.9 Å². The van der Waals surface area contributed by atoms with E-state index in [1.54, 1.807) is 12.1 Å². The SMILES string of the molecule is CCOC(=O)CCN1CCN(CCCOC(c2ccccc2)c2ccc(F)cc2)CC1.Cl.Cl. The van der Waals surface area contributed by atoms with Gasteiger partial charge in [0.1, 0.15) is 11.9 Å². The lowest BCUT2D eigenvalue weighted by Gasteiger charge is -2.34. The van der Waals surface area contributed by atoms with E-state index in [2.05, 4.69) is 9.80 Å². The van der Waals surface area contributed by atoms with Crippen LogP contribution in [0.3, 0.4) is 0 Å². The van der Waals surface area contributed by atoms with Gasteiger partial charge >= 0.3 is 5.97 Å². The number of esters is 1. The smallest absolute Gasteiger partial charge is 0.307 e. The minimum atomic E-state index is -0.239. The Morgan fingerprint density at radius 2 is 1.48 bits per heavy atom. The van der Waals surface area contributed by atoms with Crippen molar-refractivity contribution in [2.75, 3.05) is 52.5 Å². The highest BCUT2D eigenvalue weighted by molar-refractivity contribution is 5.85. The van der Waals surface area contributed by atoms with Crippen LogP contribution in [-0.2, 0) is 14.3 Å². The fraction of sp³-hybridized carbons (Fsp3) is 0.480. The van der Waals surface area contributed by atoms with Crippen LogP contribution in [-0.4, -0.2) is 68.3 Å². The molecule has 3 rings (SSSR count). The first-order chi connectivity index (χ1) is 15.2. The zero-order chi connectivity index (χ0) is 21.9. The summed E-state index contributed by atoms with van der Waals surface area (Å²) in [6.07, 6.45) is 1.21. The van der Waals surface area contributed by atoms with E-state index in [-0.39, 0.29) is 42.7 Å². The molecule has 0 aromatic heterocycles. The van der Waals surface area contributed by atoms with Crippen molar-refractivity contribution >= 4 is 30.8 Å². The Bertz CT molecular complexity index is 788. The number of benzene rings is 2. The molecule has 0 spiro atoms. The van der Waals surface area contributed by atoms with E-state index in [1.165, 1.54) is 12.1 Å². The van der Waals surface area contributed by atoms with Crippen molar-refractivity contribution in [3.8, 4) is 0 Å². The van der Waals surface area contributed by atoms with E-state index < -0.39 is 0 Å². The summed E-state index contributed by atoms with van der Waals surface area (Å²) < 4.78 is 24.6. The van der Waals surface area contributed by atoms with Crippen LogP contribution in [0, 0.1) is 5.82 Å². The van der Waals surface area contributed by atoms with Gasteiger partial charge in [0.25, 0.3) is 0 Å². The fourth-order valence-electron chi connectivity index (χ4n) is 3.86. The summed E-state index contributed by atoms with van der Waals surface area (Å²) in [5.41, 5.74) is 2.03. The van der Waals surface area contributed by atoms with Crippen LogP contribution < -0.4 is 0 Å². The predicted molar refractivity (Wildman–Crippen MR) is 134 cm³/mol. The average Bonchev–Trinajstić information content (AvgIpc) is 2.80. The molecule has 0 N–H and O–H groups in total. The van der Waals surface area contributed by atoms with Crippen molar-refractivity contribution in [2.24, 2.45) is 0 Å². The summed E-state index contributed by atoms with van der Waals surface area (Å²) >= 11 is 0. The Balaban J connectivity index is 0.00000272. The van der Waals surface area contributed by atoms with Gasteiger partial charge in [-0.3, -0.25) is 4.79 Å². The maximum Gasteiger partial charge on any atom is 0.307 e. The molecular weight excluding hydrogens is 466 g/mol. The Hall–Kier alpha value is -1.70. The lowest BCUT2D eigenvalue weighted by atomic mass is 10.0.